The first kappa shape index (κ1) is 23.2. The van der Waals surface area contributed by atoms with E-state index in [0.29, 0.717) is 16.7 Å². The van der Waals surface area contributed by atoms with Crippen LogP contribution in [-0.2, 0) is 16.1 Å². The molecular weight excluding hydrogens is 550 g/mol. The van der Waals surface area contributed by atoms with E-state index in [-0.39, 0.29) is 31.2 Å². The molecule has 0 saturated heterocycles. The topological polar surface area (TPSA) is 64.4 Å². The van der Waals surface area contributed by atoms with Gasteiger partial charge in [0.25, 0.3) is 5.56 Å². The van der Waals surface area contributed by atoms with Gasteiger partial charge in [0.05, 0.1) is 17.4 Å². The molecule has 0 N–H and O–H groups in total. The standard InChI is InChI=1S/C25H21Br2N3O3/c1-17-28-24-21(14-18(26)15-22(24)27)25(32)29(17)12-13-33-23(31)16-30(19-8-4-2-5-9-19)20-10-6-3-7-11-20/h2-11,14-15H,12-13,16H2,1H3. The molecule has 0 fully saturated rings. The Hall–Kier alpha value is -2.97. The molecule has 0 spiro atoms. The number of carbonyl (C=O) groups excluding carboxylic acids is 1. The number of fused-ring (bicyclic) bond motifs is 1. The lowest BCUT2D eigenvalue weighted by Crippen LogP contribution is -2.30. The third kappa shape index (κ3) is 5.34. The Morgan fingerprint density at radius 3 is 2.21 bits per heavy atom. The Bertz CT molecular complexity index is 1300. The van der Waals surface area contributed by atoms with Crippen molar-refractivity contribution in [3.05, 3.63) is 97.9 Å². The van der Waals surface area contributed by atoms with E-state index < -0.39 is 0 Å². The first-order valence-corrected chi connectivity index (χ1v) is 11.9. The lowest BCUT2D eigenvalue weighted by Gasteiger charge is -2.24. The summed E-state index contributed by atoms with van der Waals surface area (Å²) in [5.74, 6) is 0.175. The van der Waals surface area contributed by atoms with Crippen molar-refractivity contribution in [3.63, 3.8) is 0 Å². The van der Waals surface area contributed by atoms with E-state index in [1.165, 1.54) is 4.57 Å². The monoisotopic (exact) mass is 569 g/mol. The van der Waals surface area contributed by atoms with E-state index in [4.69, 9.17) is 4.74 Å². The van der Waals surface area contributed by atoms with Gasteiger partial charge in [0.15, 0.2) is 0 Å². The van der Waals surface area contributed by atoms with Crippen LogP contribution in [0.5, 0.6) is 0 Å². The van der Waals surface area contributed by atoms with Crippen LogP contribution in [-0.4, -0.2) is 28.7 Å². The average molecular weight is 571 g/mol. The first-order chi connectivity index (χ1) is 15.9. The zero-order valence-corrected chi connectivity index (χ0v) is 21.0. The molecule has 3 aromatic carbocycles. The Kier molecular flexibility index (Phi) is 7.25. The van der Waals surface area contributed by atoms with Crippen molar-refractivity contribution in [1.82, 2.24) is 9.55 Å². The maximum absolute atomic E-state index is 13.0. The molecule has 0 atom stereocenters. The molecule has 0 bridgehead atoms. The number of ether oxygens (including phenoxy) is 1. The van der Waals surface area contributed by atoms with E-state index in [9.17, 15) is 9.59 Å². The highest BCUT2D eigenvalue weighted by molar-refractivity contribution is 9.11. The van der Waals surface area contributed by atoms with Crippen LogP contribution in [0.15, 0.2) is 86.5 Å². The number of esters is 1. The fourth-order valence-corrected chi connectivity index (χ4v) is 4.91. The molecule has 0 aliphatic heterocycles. The van der Waals surface area contributed by atoms with Gasteiger partial charge in [-0.1, -0.05) is 52.3 Å². The van der Waals surface area contributed by atoms with Gasteiger partial charge in [-0.2, -0.15) is 0 Å². The third-order valence-electron chi connectivity index (χ3n) is 5.17. The fraction of sp³-hybridized carbons (Fsp3) is 0.160. The van der Waals surface area contributed by atoms with Gasteiger partial charge in [-0.05, 0) is 59.3 Å². The molecular formula is C25H21Br2N3O3. The summed E-state index contributed by atoms with van der Waals surface area (Å²) < 4.78 is 8.56. The van der Waals surface area contributed by atoms with Crippen LogP contribution >= 0.6 is 31.9 Å². The number of hydrogen-bond acceptors (Lipinski definition) is 5. The number of benzene rings is 3. The molecule has 0 amide bonds. The van der Waals surface area contributed by atoms with Gasteiger partial charge in [0.1, 0.15) is 19.0 Å². The molecule has 1 heterocycles. The van der Waals surface area contributed by atoms with Crippen LogP contribution in [0.1, 0.15) is 5.82 Å². The molecule has 0 saturated carbocycles. The Labute approximate surface area is 208 Å². The minimum atomic E-state index is -0.382. The van der Waals surface area contributed by atoms with Crippen LogP contribution < -0.4 is 10.5 Å². The fourth-order valence-electron chi connectivity index (χ4n) is 3.59. The molecule has 168 valence electrons. The second-order valence-corrected chi connectivity index (χ2v) is 9.15. The minimum Gasteiger partial charge on any atom is -0.462 e. The maximum atomic E-state index is 13.0. The minimum absolute atomic E-state index is 0.0533. The Balaban J connectivity index is 1.48. The SMILES string of the molecule is Cc1nc2c(Br)cc(Br)cc2c(=O)n1CCOC(=O)CN(c1ccccc1)c1ccccc1. The van der Waals surface area contributed by atoms with E-state index in [0.717, 1.165) is 20.3 Å². The van der Waals surface area contributed by atoms with Crippen LogP contribution in [0.25, 0.3) is 10.9 Å². The van der Waals surface area contributed by atoms with E-state index >= 15 is 0 Å². The first-order valence-electron chi connectivity index (χ1n) is 10.3. The number of hydrogen-bond donors (Lipinski definition) is 0. The van der Waals surface area contributed by atoms with Crippen molar-refractivity contribution in [1.29, 1.82) is 0 Å². The number of para-hydroxylation sites is 2. The lowest BCUT2D eigenvalue weighted by molar-refractivity contribution is -0.142. The zero-order valence-electron chi connectivity index (χ0n) is 17.9. The van der Waals surface area contributed by atoms with Gasteiger partial charge >= 0.3 is 5.97 Å². The second-order valence-electron chi connectivity index (χ2n) is 7.38. The zero-order chi connectivity index (χ0) is 23.4. The van der Waals surface area contributed by atoms with Gasteiger partial charge < -0.3 is 9.64 Å². The second kappa shape index (κ2) is 10.3. The van der Waals surface area contributed by atoms with Gasteiger partial charge in [-0.3, -0.25) is 14.2 Å². The summed E-state index contributed by atoms with van der Waals surface area (Å²) in [4.78, 5) is 32.1. The van der Waals surface area contributed by atoms with Crippen LogP contribution in [0, 0.1) is 6.92 Å². The van der Waals surface area contributed by atoms with Crippen molar-refractivity contribution in [3.8, 4) is 0 Å². The number of anilines is 2. The molecule has 4 aromatic rings. The maximum Gasteiger partial charge on any atom is 0.326 e. The van der Waals surface area contributed by atoms with Gasteiger partial charge in [-0.15, -0.1) is 0 Å². The summed E-state index contributed by atoms with van der Waals surface area (Å²) in [7, 11) is 0. The van der Waals surface area contributed by atoms with Crippen LogP contribution in [0.4, 0.5) is 11.4 Å². The number of rotatable bonds is 7. The molecule has 0 unspecified atom stereocenters. The predicted octanol–water partition coefficient (Wildman–Crippen LogP) is 5.61. The molecule has 0 aliphatic rings. The normalized spacial score (nSPS) is 10.9. The van der Waals surface area contributed by atoms with E-state index in [2.05, 4.69) is 36.8 Å². The Morgan fingerprint density at radius 1 is 1.00 bits per heavy atom. The number of halogens is 2. The molecule has 1 aromatic heterocycles. The highest BCUT2D eigenvalue weighted by Gasteiger charge is 2.16. The van der Waals surface area contributed by atoms with Crippen molar-refractivity contribution >= 4 is 60.1 Å². The molecule has 6 nitrogen and oxygen atoms in total. The number of nitrogens with zero attached hydrogens (tertiary/aromatic N) is 3. The molecule has 8 heteroatoms. The molecule has 33 heavy (non-hydrogen) atoms. The highest BCUT2D eigenvalue weighted by atomic mass is 79.9. The van der Waals surface area contributed by atoms with Crippen molar-refractivity contribution in [2.45, 2.75) is 13.5 Å². The van der Waals surface area contributed by atoms with Crippen molar-refractivity contribution in [2.24, 2.45) is 0 Å². The van der Waals surface area contributed by atoms with Crippen molar-refractivity contribution < 1.29 is 9.53 Å². The van der Waals surface area contributed by atoms with Crippen LogP contribution in [0.3, 0.4) is 0 Å². The summed E-state index contributed by atoms with van der Waals surface area (Å²) in [6.45, 7) is 2.11. The van der Waals surface area contributed by atoms with E-state index in [1.54, 1.807) is 13.0 Å². The largest absolute Gasteiger partial charge is 0.462 e. The number of aryl methyl sites for hydroxylation is 1. The van der Waals surface area contributed by atoms with Gasteiger partial charge in [-0.25, -0.2) is 4.98 Å². The van der Waals surface area contributed by atoms with Gasteiger partial charge in [0, 0.05) is 20.3 Å². The summed E-state index contributed by atoms with van der Waals surface area (Å²) in [6, 6.07) is 22.9. The molecule has 0 aliphatic carbocycles. The summed E-state index contributed by atoms with van der Waals surface area (Å²) in [5, 5.41) is 0.493. The lowest BCUT2D eigenvalue weighted by atomic mass is 10.2. The van der Waals surface area contributed by atoms with Crippen molar-refractivity contribution in [2.75, 3.05) is 18.1 Å². The highest BCUT2D eigenvalue weighted by Crippen LogP contribution is 2.26. The van der Waals surface area contributed by atoms with E-state index in [1.807, 2.05) is 71.6 Å². The van der Waals surface area contributed by atoms with Gasteiger partial charge in [0.2, 0.25) is 0 Å². The summed E-state index contributed by atoms with van der Waals surface area (Å²) >= 11 is 6.87. The summed E-state index contributed by atoms with van der Waals surface area (Å²) in [5.41, 5.74) is 2.21. The summed E-state index contributed by atoms with van der Waals surface area (Å²) in [6.07, 6.45) is 0. The Morgan fingerprint density at radius 2 is 1.61 bits per heavy atom. The van der Waals surface area contributed by atoms with Crippen LogP contribution in [0.2, 0.25) is 0 Å². The molecule has 4 rings (SSSR count). The average Bonchev–Trinajstić information content (AvgIpc) is 2.81. The third-order valence-corrected chi connectivity index (χ3v) is 6.23. The number of carbonyl (C=O) groups is 1. The molecule has 0 radical (unpaired) electrons. The number of aromatic nitrogens is 2. The quantitative estimate of drug-likeness (QED) is 0.270. The predicted molar refractivity (Wildman–Crippen MR) is 137 cm³/mol. The smallest absolute Gasteiger partial charge is 0.326 e.